The van der Waals surface area contributed by atoms with Gasteiger partial charge in [-0.1, -0.05) is 30.3 Å². The first-order valence-corrected chi connectivity index (χ1v) is 9.67. The number of benzene rings is 2. The van der Waals surface area contributed by atoms with Gasteiger partial charge in [-0.3, -0.25) is 4.79 Å². The second-order valence-electron chi connectivity index (χ2n) is 8.92. The van der Waals surface area contributed by atoms with E-state index in [9.17, 15) is 9.90 Å². The Morgan fingerprint density at radius 3 is 2.63 bits per heavy atom. The van der Waals surface area contributed by atoms with Crippen LogP contribution in [-0.2, 0) is 0 Å². The van der Waals surface area contributed by atoms with E-state index in [1.54, 1.807) is 18.2 Å². The monoisotopic (exact) mass is 364 g/mol. The number of fused-ring (bicyclic) bond motifs is 1. The third-order valence-electron chi connectivity index (χ3n) is 6.63. The van der Waals surface area contributed by atoms with Crippen molar-refractivity contribution >= 4 is 5.78 Å². The average Bonchev–Trinajstić information content (AvgIpc) is 2.60. The van der Waals surface area contributed by atoms with Crippen molar-refractivity contribution in [3.8, 4) is 17.2 Å². The average molecular weight is 364 g/mol. The number of ether oxygens (including phenoxy) is 2. The van der Waals surface area contributed by atoms with Gasteiger partial charge in [-0.15, -0.1) is 0 Å². The number of carbonyl (C=O) groups excluding carboxylic acids is 1. The molecule has 0 saturated heterocycles. The van der Waals surface area contributed by atoms with E-state index in [0.29, 0.717) is 23.0 Å². The maximum Gasteiger partial charge on any atom is 0.200 e. The normalized spacial score (nSPS) is 29.4. The highest BCUT2D eigenvalue weighted by atomic mass is 16.5. The highest BCUT2D eigenvalue weighted by molar-refractivity contribution is 6.13. The Bertz CT molecular complexity index is 947. The Balaban J connectivity index is 1.75. The maximum atomic E-state index is 13.2. The lowest BCUT2D eigenvalue weighted by molar-refractivity contribution is -0.0731. The summed E-state index contributed by atoms with van der Waals surface area (Å²) in [7, 11) is 0. The quantitative estimate of drug-likeness (QED) is 0.776. The van der Waals surface area contributed by atoms with Crippen molar-refractivity contribution in [2.45, 2.75) is 57.2 Å². The first-order valence-electron chi connectivity index (χ1n) is 9.67. The second-order valence-corrected chi connectivity index (χ2v) is 8.92. The molecule has 2 aromatic carbocycles. The molecule has 0 amide bonds. The minimum atomic E-state index is -0.396. The number of phenolic OH excluding ortho intramolecular Hbond substituents is 1. The topological polar surface area (TPSA) is 55.8 Å². The zero-order valence-electron chi connectivity index (χ0n) is 15.9. The van der Waals surface area contributed by atoms with Gasteiger partial charge in [0, 0.05) is 29.0 Å². The van der Waals surface area contributed by atoms with E-state index in [2.05, 4.69) is 20.8 Å². The molecule has 2 aromatic rings. The molecule has 3 atom stereocenters. The fourth-order valence-corrected chi connectivity index (χ4v) is 5.34. The molecule has 3 aliphatic rings. The van der Waals surface area contributed by atoms with Crippen LogP contribution in [0.1, 0.15) is 67.4 Å². The number of aromatic hydroxyl groups is 1. The lowest BCUT2D eigenvalue weighted by atomic mass is 9.61. The van der Waals surface area contributed by atoms with Crippen molar-refractivity contribution in [1.29, 1.82) is 0 Å². The molecule has 0 unspecified atom stereocenters. The van der Waals surface area contributed by atoms with E-state index in [-0.39, 0.29) is 28.6 Å². The number of phenols is 1. The first kappa shape index (κ1) is 16.7. The van der Waals surface area contributed by atoms with Gasteiger partial charge in [0.15, 0.2) is 0 Å². The van der Waals surface area contributed by atoms with Crippen LogP contribution in [0.3, 0.4) is 0 Å². The van der Waals surface area contributed by atoms with E-state index in [1.165, 1.54) is 0 Å². The Morgan fingerprint density at radius 2 is 1.89 bits per heavy atom. The van der Waals surface area contributed by atoms with Gasteiger partial charge in [0.25, 0.3) is 0 Å². The summed E-state index contributed by atoms with van der Waals surface area (Å²) in [6.07, 6.45) is 2.94. The summed E-state index contributed by atoms with van der Waals surface area (Å²) in [6.45, 7) is 6.34. The number of hydrogen-bond acceptors (Lipinski definition) is 4. The highest BCUT2D eigenvalue weighted by Gasteiger charge is 2.55. The molecule has 1 N–H and O–H groups in total. The van der Waals surface area contributed by atoms with E-state index >= 15 is 0 Å². The molecular weight excluding hydrogens is 340 g/mol. The molecule has 4 nitrogen and oxygen atoms in total. The summed E-state index contributed by atoms with van der Waals surface area (Å²) in [5, 5.41) is 10.8. The zero-order valence-corrected chi connectivity index (χ0v) is 15.9. The van der Waals surface area contributed by atoms with Crippen LogP contribution < -0.4 is 9.47 Å². The summed E-state index contributed by atoms with van der Waals surface area (Å²) < 4.78 is 12.7. The van der Waals surface area contributed by atoms with Crippen molar-refractivity contribution in [3.63, 3.8) is 0 Å². The minimum Gasteiger partial charge on any atom is -0.507 e. The van der Waals surface area contributed by atoms with Crippen molar-refractivity contribution in [2.75, 3.05) is 0 Å². The molecule has 1 saturated carbocycles. The molecule has 140 valence electrons. The molecule has 1 aliphatic carbocycles. The van der Waals surface area contributed by atoms with Gasteiger partial charge in [0.05, 0.1) is 0 Å². The fraction of sp³-hybridized carbons (Fsp3) is 0.435. The van der Waals surface area contributed by atoms with Crippen LogP contribution in [0, 0.1) is 5.92 Å². The Labute approximate surface area is 159 Å². The number of rotatable bonds is 2. The van der Waals surface area contributed by atoms with Crippen LogP contribution >= 0.6 is 0 Å². The van der Waals surface area contributed by atoms with Crippen LogP contribution in [0.2, 0.25) is 0 Å². The van der Waals surface area contributed by atoms with Crippen molar-refractivity contribution in [3.05, 3.63) is 53.1 Å². The third kappa shape index (κ3) is 2.32. The number of carbonyl (C=O) groups is 1. The van der Waals surface area contributed by atoms with Crippen LogP contribution in [0.5, 0.6) is 17.2 Å². The lowest BCUT2D eigenvalue weighted by Gasteiger charge is -2.55. The van der Waals surface area contributed by atoms with Crippen LogP contribution in [0.4, 0.5) is 0 Å². The van der Waals surface area contributed by atoms with Crippen molar-refractivity contribution in [2.24, 2.45) is 5.92 Å². The Kier molecular flexibility index (Phi) is 3.26. The Hall–Kier alpha value is -2.49. The van der Waals surface area contributed by atoms with Crippen LogP contribution in [0.25, 0.3) is 0 Å². The predicted octanol–water partition coefficient (Wildman–Crippen LogP) is 4.83. The molecule has 2 aliphatic heterocycles. The molecule has 5 rings (SSSR count). The highest BCUT2D eigenvalue weighted by Crippen LogP contribution is 2.62. The minimum absolute atomic E-state index is 0.0737. The first-order chi connectivity index (χ1) is 12.8. The molecule has 0 spiro atoms. The molecule has 0 aromatic heterocycles. The molecular formula is C23H24O4. The standard InChI is InChI=1S/C23H24O4/c1-22(2)15-9-10-23(3)12-14(15)18-17(26-23)11-16(24)19(21(18)27-22)20(25)13-7-5-4-6-8-13/h4-8,11,14-15,24H,9-10,12H2,1-3H3/t14-,15+,23+/m0/s1. The summed E-state index contributed by atoms with van der Waals surface area (Å²) >= 11 is 0. The third-order valence-corrected chi connectivity index (χ3v) is 6.63. The summed E-state index contributed by atoms with van der Waals surface area (Å²) in [6, 6.07) is 10.7. The van der Waals surface area contributed by atoms with Gasteiger partial charge in [0.1, 0.15) is 34.0 Å². The van der Waals surface area contributed by atoms with Crippen LogP contribution in [0.15, 0.2) is 36.4 Å². The fourth-order valence-electron chi connectivity index (χ4n) is 5.34. The SMILES string of the molecule is CC1(C)Oc2c(C(=O)c3ccccc3)c(O)cc3c2[C@H]2C[C@@](C)(CC[C@H]21)O3. The molecule has 0 radical (unpaired) electrons. The molecule has 2 bridgehead atoms. The van der Waals surface area contributed by atoms with Gasteiger partial charge >= 0.3 is 0 Å². The lowest BCUT2D eigenvalue weighted by Crippen LogP contribution is -2.54. The predicted molar refractivity (Wildman–Crippen MR) is 102 cm³/mol. The van der Waals surface area contributed by atoms with Crippen LogP contribution in [-0.4, -0.2) is 22.1 Å². The molecule has 2 heterocycles. The second kappa shape index (κ2) is 5.28. The number of ketones is 1. The van der Waals surface area contributed by atoms with Gasteiger partial charge in [-0.25, -0.2) is 0 Å². The largest absolute Gasteiger partial charge is 0.507 e. The Morgan fingerprint density at radius 1 is 1.15 bits per heavy atom. The summed E-state index contributed by atoms with van der Waals surface area (Å²) in [5.74, 6) is 1.55. The maximum absolute atomic E-state index is 13.2. The van der Waals surface area contributed by atoms with Gasteiger partial charge in [0.2, 0.25) is 5.78 Å². The van der Waals surface area contributed by atoms with E-state index in [0.717, 1.165) is 24.8 Å². The summed E-state index contributed by atoms with van der Waals surface area (Å²) in [4.78, 5) is 13.2. The van der Waals surface area contributed by atoms with Gasteiger partial charge < -0.3 is 14.6 Å². The molecule has 4 heteroatoms. The van der Waals surface area contributed by atoms with E-state index in [1.807, 2.05) is 18.2 Å². The van der Waals surface area contributed by atoms with Crippen molar-refractivity contribution < 1.29 is 19.4 Å². The van der Waals surface area contributed by atoms with E-state index < -0.39 is 5.60 Å². The smallest absolute Gasteiger partial charge is 0.200 e. The number of hydrogen-bond donors (Lipinski definition) is 1. The van der Waals surface area contributed by atoms with Gasteiger partial charge in [-0.05, 0) is 40.0 Å². The molecule has 27 heavy (non-hydrogen) atoms. The van der Waals surface area contributed by atoms with Gasteiger partial charge in [-0.2, -0.15) is 0 Å². The summed E-state index contributed by atoms with van der Waals surface area (Å²) in [5.41, 5.74) is 1.15. The molecule has 1 fully saturated rings. The van der Waals surface area contributed by atoms with E-state index in [4.69, 9.17) is 9.47 Å². The van der Waals surface area contributed by atoms with Crippen molar-refractivity contribution in [1.82, 2.24) is 0 Å². The zero-order chi connectivity index (χ0) is 19.0.